The number of carbonyl (C=O) groups excluding carboxylic acids is 2. The minimum Gasteiger partial charge on any atom is -0.425 e. The maximum atomic E-state index is 10.8. The average Bonchev–Trinajstić information content (AvgIpc) is 2.34. The van der Waals surface area contributed by atoms with E-state index in [0.29, 0.717) is 19.6 Å². The number of benzene rings is 1. The zero-order chi connectivity index (χ0) is 14.1. The van der Waals surface area contributed by atoms with Crippen molar-refractivity contribution in [3.63, 3.8) is 0 Å². The van der Waals surface area contributed by atoms with Crippen molar-refractivity contribution in [2.24, 2.45) is 0 Å². The minimum atomic E-state index is -0.884. The molecule has 0 aliphatic heterocycles. The lowest BCUT2D eigenvalue weighted by atomic mass is 10.2. The maximum absolute atomic E-state index is 10.8. The fourth-order valence-corrected chi connectivity index (χ4v) is 1.46. The zero-order valence-electron chi connectivity index (χ0n) is 11.1. The number of ether oxygens (including phenoxy) is 3. The van der Waals surface area contributed by atoms with Crippen LogP contribution in [0, 0.1) is 0 Å². The molecule has 104 valence electrons. The zero-order valence-corrected chi connectivity index (χ0v) is 11.1. The average molecular weight is 266 g/mol. The lowest BCUT2D eigenvalue weighted by molar-refractivity contribution is -0.187. The van der Waals surface area contributed by atoms with E-state index < -0.39 is 18.2 Å². The summed E-state index contributed by atoms with van der Waals surface area (Å²) in [6, 6.07) is 9.70. The molecular weight excluding hydrogens is 248 g/mol. The van der Waals surface area contributed by atoms with Gasteiger partial charge in [-0.2, -0.15) is 0 Å². The molecule has 0 N–H and O–H groups in total. The Bertz CT molecular complexity index is 386. The summed E-state index contributed by atoms with van der Waals surface area (Å²) < 4.78 is 15.1. The van der Waals surface area contributed by atoms with E-state index in [9.17, 15) is 9.59 Å². The van der Waals surface area contributed by atoms with Crippen LogP contribution >= 0.6 is 0 Å². The van der Waals surface area contributed by atoms with Crippen LogP contribution in [-0.2, 0) is 30.4 Å². The second-order valence-corrected chi connectivity index (χ2v) is 3.98. The molecule has 19 heavy (non-hydrogen) atoms. The Morgan fingerprint density at radius 3 is 2.16 bits per heavy atom. The van der Waals surface area contributed by atoms with E-state index in [1.807, 2.05) is 30.3 Å². The summed E-state index contributed by atoms with van der Waals surface area (Å²) in [5, 5.41) is 0. The van der Waals surface area contributed by atoms with E-state index in [1.54, 1.807) is 0 Å². The van der Waals surface area contributed by atoms with Gasteiger partial charge in [0.1, 0.15) is 0 Å². The van der Waals surface area contributed by atoms with Crippen LogP contribution in [0.15, 0.2) is 30.3 Å². The van der Waals surface area contributed by atoms with Crippen LogP contribution in [-0.4, -0.2) is 24.8 Å². The molecule has 0 aromatic heterocycles. The molecule has 0 bridgehead atoms. The van der Waals surface area contributed by atoms with Crippen molar-refractivity contribution in [1.29, 1.82) is 0 Å². The van der Waals surface area contributed by atoms with Gasteiger partial charge in [0, 0.05) is 20.3 Å². The smallest absolute Gasteiger partial charge is 0.305 e. The van der Waals surface area contributed by atoms with Crippen molar-refractivity contribution in [1.82, 2.24) is 0 Å². The third-order valence-corrected chi connectivity index (χ3v) is 2.20. The Morgan fingerprint density at radius 1 is 1.05 bits per heavy atom. The fraction of sp³-hybridized carbons (Fsp3) is 0.429. The summed E-state index contributed by atoms with van der Waals surface area (Å²) in [6.45, 7) is 3.33. The molecule has 0 spiro atoms. The lowest BCUT2D eigenvalue weighted by Crippen LogP contribution is -2.24. The molecule has 0 unspecified atom stereocenters. The summed E-state index contributed by atoms with van der Waals surface area (Å²) in [6.07, 6.45) is -0.572. The van der Waals surface area contributed by atoms with Gasteiger partial charge in [-0.15, -0.1) is 0 Å². The van der Waals surface area contributed by atoms with Crippen LogP contribution in [0.5, 0.6) is 0 Å². The third-order valence-electron chi connectivity index (χ3n) is 2.20. The Labute approximate surface area is 112 Å². The summed E-state index contributed by atoms with van der Waals surface area (Å²) in [7, 11) is 0. The van der Waals surface area contributed by atoms with Gasteiger partial charge in [0.2, 0.25) is 6.29 Å². The van der Waals surface area contributed by atoms with E-state index in [1.165, 1.54) is 13.8 Å². The van der Waals surface area contributed by atoms with Crippen molar-refractivity contribution >= 4 is 11.9 Å². The van der Waals surface area contributed by atoms with Crippen molar-refractivity contribution < 1.29 is 23.8 Å². The summed E-state index contributed by atoms with van der Waals surface area (Å²) >= 11 is 0. The maximum Gasteiger partial charge on any atom is 0.305 e. The molecule has 0 aliphatic carbocycles. The molecular formula is C14H18O5. The Balaban J connectivity index is 2.27. The van der Waals surface area contributed by atoms with Gasteiger partial charge in [-0.1, -0.05) is 30.3 Å². The monoisotopic (exact) mass is 266 g/mol. The van der Waals surface area contributed by atoms with E-state index in [4.69, 9.17) is 14.2 Å². The van der Waals surface area contributed by atoms with Crippen LogP contribution in [0.1, 0.15) is 25.8 Å². The Hall–Kier alpha value is -1.88. The molecule has 0 amide bonds. The topological polar surface area (TPSA) is 61.8 Å². The van der Waals surface area contributed by atoms with E-state index >= 15 is 0 Å². The molecule has 5 heteroatoms. The number of rotatable bonds is 7. The van der Waals surface area contributed by atoms with Gasteiger partial charge in [-0.05, 0) is 5.56 Å². The summed E-state index contributed by atoms with van der Waals surface area (Å²) in [5.74, 6) is -0.983. The van der Waals surface area contributed by atoms with Crippen LogP contribution in [0.25, 0.3) is 0 Å². The molecule has 1 aromatic rings. The van der Waals surface area contributed by atoms with Crippen molar-refractivity contribution in [3.8, 4) is 0 Å². The Morgan fingerprint density at radius 2 is 1.63 bits per heavy atom. The largest absolute Gasteiger partial charge is 0.425 e. The highest BCUT2D eigenvalue weighted by Crippen LogP contribution is 2.05. The van der Waals surface area contributed by atoms with Gasteiger partial charge in [-0.3, -0.25) is 9.59 Å². The van der Waals surface area contributed by atoms with Gasteiger partial charge in [-0.25, -0.2) is 0 Å². The first kappa shape index (κ1) is 15.2. The lowest BCUT2D eigenvalue weighted by Gasteiger charge is -2.16. The first-order valence-corrected chi connectivity index (χ1v) is 6.04. The molecule has 1 aromatic carbocycles. The molecule has 0 fully saturated rings. The first-order chi connectivity index (χ1) is 9.08. The van der Waals surface area contributed by atoms with Crippen LogP contribution < -0.4 is 0 Å². The predicted octanol–water partition coefficient (Wildman–Crippen LogP) is 2.05. The molecule has 1 rings (SSSR count). The Kier molecular flexibility index (Phi) is 6.60. The summed E-state index contributed by atoms with van der Waals surface area (Å²) in [4.78, 5) is 21.7. The van der Waals surface area contributed by atoms with Crippen molar-refractivity contribution in [2.75, 3.05) is 6.61 Å². The molecule has 0 heterocycles. The highest BCUT2D eigenvalue weighted by atomic mass is 16.7. The van der Waals surface area contributed by atoms with Gasteiger partial charge >= 0.3 is 11.9 Å². The molecule has 0 saturated carbocycles. The number of hydrogen-bond donors (Lipinski definition) is 0. The minimum absolute atomic E-state index is 0.312. The highest BCUT2D eigenvalue weighted by Gasteiger charge is 2.14. The van der Waals surface area contributed by atoms with Crippen LogP contribution in [0.3, 0.4) is 0 Å². The number of carbonyl (C=O) groups is 2. The number of esters is 2. The molecule has 5 nitrogen and oxygen atoms in total. The fourth-order valence-electron chi connectivity index (χ4n) is 1.46. The van der Waals surface area contributed by atoms with E-state index in [2.05, 4.69) is 0 Å². The van der Waals surface area contributed by atoms with Gasteiger partial charge in [0.15, 0.2) is 0 Å². The first-order valence-electron chi connectivity index (χ1n) is 6.04. The molecule has 0 radical (unpaired) electrons. The van der Waals surface area contributed by atoms with Crippen LogP contribution in [0.4, 0.5) is 0 Å². The second kappa shape index (κ2) is 8.26. The van der Waals surface area contributed by atoms with Crippen molar-refractivity contribution in [2.45, 2.75) is 33.2 Å². The molecule has 0 atom stereocenters. The van der Waals surface area contributed by atoms with Gasteiger partial charge < -0.3 is 14.2 Å². The van der Waals surface area contributed by atoms with E-state index in [0.717, 1.165) is 5.56 Å². The standard InChI is InChI=1S/C14H18O5/c1-11(15)18-14(19-12(2)16)8-9-17-10-13-6-4-3-5-7-13/h3-7,14H,8-10H2,1-2H3. The van der Waals surface area contributed by atoms with Gasteiger partial charge in [0.05, 0.1) is 13.2 Å². The van der Waals surface area contributed by atoms with Crippen molar-refractivity contribution in [3.05, 3.63) is 35.9 Å². The third kappa shape index (κ3) is 7.21. The highest BCUT2D eigenvalue weighted by molar-refractivity contribution is 5.68. The summed E-state index contributed by atoms with van der Waals surface area (Å²) in [5.41, 5.74) is 1.05. The normalized spacial score (nSPS) is 10.3. The molecule has 0 saturated heterocycles. The van der Waals surface area contributed by atoms with E-state index in [-0.39, 0.29) is 0 Å². The predicted molar refractivity (Wildman–Crippen MR) is 68.0 cm³/mol. The SMILES string of the molecule is CC(=O)OC(CCOCc1ccccc1)OC(C)=O. The van der Waals surface area contributed by atoms with Crippen LogP contribution in [0.2, 0.25) is 0 Å². The number of hydrogen-bond acceptors (Lipinski definition) is 5. The van der Waals surface area contributed by atoms with Gasteiger partial charge in [0.25, 0.3) is 0 Å². The molecule has 0 aliphatic rings. The second-order valence-electron chi connectivity index (χ2n) is 3.98. The quantitative estimate of drug-likeness (QED) is 0.429.